The van der Waals surface area contributed by atoms with Gasteiger partial charge in [0.15, 0.2) is 6.61 Å². The Hall–Kier alpha value is -2.44. The van der Waals surface area contributed by atoms with E-state index >= 15 is 0 Å². The highest BCUT2D eigenvalue weighted by Gasteiger charge is 2.27. The minimum Gasteiger partial charge on any atom is -0.452 e. The molecule has 0 unspecified atom stereocenters. The summed E-state index contributed by atoms with van der Waals surface area (Å²) in [4.78, 5) is 36.3. The summed E-state index contributed by atoms with van der Waals surface area (Å²) < 4.78 is 18.2. The first-order valence-electron chi connectivity index (χ1n) is 6.97. The Kier molecular flexibility index (Phi) is 5.08. The van der Waals surface area contributed by atoms with E-state index in [0.717, 1.165) is 6.07 Å². The Morgan fingerprint density at radius 3 is 2.73 bits per heavy atom. The summed E-state index contributed by atoms with van der Waals surface area (Å²) in [7, 11) is 0. The number of esters is 1. The van der Waals surface area contributed by atoms with Crippen molar-refractivity contribution in [3.63, 3.8) is 0 Å². The second-order valence-electron chi connectivity index (χ2n) is 5.14. The fraction of sp³-hybridized carbons (Fsp3) is 0.400. The normalized spacial score (nSPS) is 17.9. The summed E-state index contributed by atoms with van der Waals surface area (Å²) in [6, 6.07) is 5.38. The Balaban J connectivity index is 1.89. The summed E-state index contributed by atoms with van der Waals surface area (Å²) in [6.07, 6.45) is 1.31. The van der Waals surface area contributed by atoms with E-state index in [4.69, 9.17) is 10.5 Å². The minimum atomic E-state index is -0.894. The molecule has 22 heavy (non-hydrogen) atoms. The highest BCUT2D eigenvalue weighted by Crippen LogP contribution is 2.16. The van der Waals surface area contributed by atoms with E-state index in [-0.39, 0.29) is 18.0 Å². The molecule has 6 nitrogen and oxygen atoms in total. The quantitative estimate of drug-likeness (QED) is 0.829. The molecule has 0 saturated carbocycles. The van der Waals surface area contributed by atoms with Gasteiger partial charge in [0, 0.05) is 13.1 Å². The summed E-state index contributed by atoms with van der Waals surface area (Å²) in [5.41, 5.74) is 5.02. The van der Waals surface area contributed by atoms with Crippen LogP contribution in [0.25, 0.3) is 0 Å². The third-order valence-corrected chi connectivity index (χ3v) is 3.60. The summed E-state index contributed by atoms with van der Waals surface area (Å²) >= 11 is 0. The fourth-order valence-electron chi connectivity index (χ4n) is 2.36. The first-order chi connectivity index (χ1) is 10.5. The molecule has 1 heterocycles. The number of carbonyl (C=O) groups excluding carboxylic acids is 3. The third kappa shape index (κ3) is 3.81. The number of nitrogens with two attached hydrogens (primary N) is 1. The van der Waals surface area contributed by atoms with E-state index in [2.05, 4.69) is 0 Å². The maximum Gasteiger partial charge on any atom is 0.341 e. The smallest absolute Gasteiger partial charge is 0.341 e. The zero-order valence-electron chi connectivity index (χ0n) is 12.0. The number of benzene rings is 1. The van der Waals surface area contributed by atoms with Crippen LogP contribution < -0.4 is 5.73 Å². The summed E-state index contributed by atoms with van der Waals surface area (Å²) in [5, 5.41) is 0. The molecule has 1 aliphatic rings. The Morgan fingerprint density at radius 2 is 2.05 bits per heavy atom. The molecule has 0 aliphatic carbocycles. The molecule has 1 aromatic carbocycles. The predicted octanol–water partition coefficient (Wildman–Crippen LogP) is 0.706. The second kappa shape index (κ2) is 7.02. The monoisotopic (exact) mass is 308 g/mol. The van der Waals surface area contributed by atoms with Crippen molar-refractivity contribution in [2.24, 2.45) is 11.7 Å². The number of nitrogens with zero attached hydrogens (tertiary/aromatic N) is 1. The van der Waals surface area contributed by atoms with E-state index in [1.54, 1.807) is 0 Å². The zero-order valence-corrected chi connectivity index (χ0v) is 12.0. The van der Waals surface area contributed by atoms with E-state index in [1.807, 2.05) is 0 Å². The van der Waals surface area contributed by atoms with Crippen LogP contribution in [0.3, 0.4) is 0 Å². The number of piperidine rings is 1. The lowest BCUT2D eigenvalue weighted by atomic mass is 9.97. The van der Waals surface area contributed by atoms with Crippen molar-refractivity contribution in [2.75, 3.05) is 19.7 Å². The maximum atomic E-state index is 13.4. The number of halogens is 1. The van der Waals surface area contributed by atoms with Gasteiger partial charge < -0.3 is 15.4 Å². The van der Waals surface area contributed by atoms with Gasteiger partial charge in [0.1, 0.15) is 5.82 Å². The van der Waals surface area contributed by atoms with Crippen LogP contribution >= 0.6 is 0 Å². The van der Waals surface area contributed by atoms with Gasteiger partial charge in [-0.3, -0.25) is 9.59 Å². The van der Waals surface area contributed by atoms with Crippen LogP contribution in [0.5, 0.6) is 0 Å². The van der Waals surface area contributed by atoms with Crippen LogP contribution in [0.1, 0.15) is 23.2 Å². The SMILES string of the molecule is NC(=O)[C@@H]1CCCN(C(=O)COC(=O)c2ccccc2F)C1. The van der Waals surface area contributed by atoms with Gasteiger partial charge in [-0.05, 0) is 25.0 Å². The highest BCUT2D eigenvalue weighted by molar-refractivity contribution is 5.91. The van der Waals surface area contributed by atoms with Crippen molar-refractivity contribution >= 4 is 17.8 Å². The first kappa shape index (κ1) is 15.9. The number of primary amides is 1. The van der Waals surface area contributed by atoms with Gasteiger partial charge in [-0.2, -0.15) is 0 Å². The molecule has 7 heteroatoms. The van der Waals surface area contributed by atoms with Crippen LogP contribution in [0.15, 0.2) is 24.3 Å². The molecule has 1 saturated heterocycles. The lowest BCUT2D eigenvalue weighted by molar-refractivity contribution is -0.137. The largest absolute Gasteiger partial charge is 0.452 e. The van der Waals surface area contributed by atoms with Gasteiger partial charge in [0.25, 0.3) is 5.91 Å². The number of carbonyl (C=O) groups is 3. The molecule has 1 aromatic rings. The summed E-state index contributed by atoms with van der Waals surface area (Å²) in [5.74, 6) is -2.84. The zero-order chi connectivity index (χ0) is 16.1. The first-order valence-corrected chi connectivity index (χ1v) is 6.97. The predicted molar refractivity (Wildman–Crippen MR) is 75.2 cm³/mol. The number of rotatable bonds is 4. The standard InChI is InChI=1S/C15H17FN2O4/c16-12-6-2-1-5-11(12)15(21)22-9-13(19)18-7-3-4-10(8-18)14(17)20/h1-2,5-6,10H,3-4,7-9H2,(H2,17,20)/t10-/m1/s1. The number of hydrogen-bond acceptors (Lipinski definition) is 4. The van der Waals surface area contributed by atoms with Crippen molar-refractivity contribution in [3.05, 3.63) is 35.6 Å². The average molecular weight is 308 g/mol. The minimum absolute atomic E-state index is 0.219. The number of ether oxygens (including phenoxy) is 1. The lowest BCUT2D eigenvalue weighted by Crippen LogP contribution is -2.45. The molecule has 0 radical (unpaired) electrons. The van der Waals surface area contributed by atoms with Crippen molar-refractivity contribution in [1.29, 1.82) is 0 Å². The number of amides is 2. The van der Waals surface area contributed by atoms with Crippen LogP contribution in [0.2, 0.25) is 0 Å². The second-order valence-corrected chi connectivity index (χ2v) is 5.14. The third-order valence-electron chi connectivity index (χ3n) is 3.60. The molecule has 2 N–H and O–H groups in total. The Morgan fingerprint density at radius 1 is 1.32 bits per heavy atom. The van der Waals surface area contributed by atoms with Crippen LogP contribution in [-0.4, -0.2) is 42.4 Å². The molecule has 0 aromatic heterocycles. The van der Waals surface area contributed by atoms with Crippen LogP contribution in [0.4, 0.5) is 4.39 Å². The lowest BCUT2D eigenvalue weighted by Gasteiger charge is -2.31. The van der Waals surface area contributed by atoms with Gasteiger partial charge in [-0.25, -0.2) is 9.18 Å². The maximum absolute atomic E-state index is 13.4. The molecular formula is C15H17FN2O4. The van der Waals surface area contributed by atoms with E-state index in [0.29, 0.717) is 19.4 Å². The molecule has 1 aliphatic heterocycles. The molecule has 2 amide bonds. The van der Waals surface area contributed by atoms with Crippen LogP contribution in [-0.2, 0) is 14.3 Å². The average Bonchev–Trinajstić information content (AvgIpc) is 2.52. The van der Waals surface area contributed by atoms with Crippen molar-refractivity contribution in [2.45, 2.75) is 12.8 Å². The molecule has 0 bridgehead atoms. The molecule has 0 spiro atoms. The Labute approximate surface area is 127 Å². The Bertz CT molecular complexity index is 591. The molecule has 1 atom stereocenters. The molecular weight excluding hydrogens is 291 g/mol. The fourth-order valence-corrected chi connectivity index (χ4v) is 2.36. The topological polar surface area (TPSA) is 89.7 Å². The highest BCUT2D eigenvalue weighted by atomic mass is 19.1. The number of likely N-dealkylation sites (tertiary alicyclic amines) is 1. The van der Waals surface area contributed by atoms with E-state index < -0.39 is 30.2 Å². The summed E-state index contributed by atoms with van der Waals surface area (Å²) in [6.45, 7) is 0.226. The van der Waals surface area contributed by atoms with Gasteiger partial charge in [0.05, 0.1) is 11.5 Å². The van der Waals surface area contributed by atoms with Gasteiger partial charge in [-0.15, -0.1) is 0 Å². The van der Waals surface area contributed by atoms with E-state index in [1.165, 1.54) is 23.1 Å². The number of hydrogen-bond donors (Lipinski definition) is 1. The van der Waals surface area contributed by atoms with Gasteiger partial charge in [-0.1, -0.05) is 12.1 Å². The van der Waals surface area contributed by atoms with Crippen molar-refractivity contribution in [3.8, 4) is 0 Å². The van der Waals surface area contributed by atoms with Gasteiger partial charge in [0.2, 0.25) is 5.91 Å². The van der Waals surface area contributed by atoms with Crippen molar-refractivity contribution in [1.82, 2.24) is 4.90 Å². The molecule has 118 valence electrons. The molecule has 2 rings (SSSR count). The molecule has 1 fully saturated rings. The van der Waals surface area contributed by atoms with Gasteiger partial charge >= 0.3 is 5.97 Å². The van der Waals surface area contributed by atoms with Crippen molar-refractivity contribution < 1.29 is 23.5 Å². The van der Waals surface area contributed by atoms with Crippen LogP contribution in [0, 0.1) is 11.7 Å². The van der Waals surface area contributed by atoms with E-state index in [9.17, 15) is 18.8 Å².